The largest absolute Gasteiger partial charge is 0.488 e. The minimum Gasteiger partial charge on any atom is -0.488 e. The van der Waals surface area contributed by atoms with Gasteiger partial charge >= 0.3 is 0 Å². The minimum atomic E-state index is -0.267. The van der Waals surface area contributed by atoms with Crippen LogP contribution in [0.5, 0.6) is 5.75 Å². The van der Waals surface area contributed by atoms with Crippen LogP contribution in [0.1, 0.15) is 74.2 Å². The van der Waals surface area contributed by atoms with Crippen LogP contribution in [0.4, 0.5) is 0 Å². The summed E-state index contributed by atoms with van der Waals surface area (Å²) < 4.78 is 5.82. The summed E-state index contributed by atoms with van der Waals surface area (Å²) >= 11 is 0. The van der Waals surface area contributed by atoms with Gasteiger partial charge in [-0.15, -0.1) is 0 Å². The molecule has 0 atom stereocenters. The van der Waals surface area contributed by atoms with E-state index in [1.54, 1.807) is 12.1 Å². The monoisotopic (exact) mass is 410 g/mol. The third kappa shape index (κ3) is 6.33. The van der Waals surface area contributed by atoms with Crippen LogP contribution in [0.2, 0.25) is 0 Å². The van der Waals surface area contributed by atoms with E-state index in [0.717, 1.165) is 16.9 Å². The summed E-state index contributed by atoms with van der Waals surface area (Å²) in [7, 11) is 0. The standard InChI is InChI=1S/C29H30O2/c1-28(2,3)25-17-11-22(12-18-25)8-7-21-9-13-23(14-10-21)27(30)24-15-19-26(20-16-24)31-29(4,5)6/h9-20H,1-6H3. The molecule has 158 valence electrons. The molecule has 0 aliphatic heterocycles. The number of ether oxygens (including phenoxy) is 1. The van der Waals surface area contributed by atoms with E-state index in [1.165, 1.54) is 5.56 Å². The van der Waals surface area contributed by atoms with Gasteiger partial charge in [-0.05, 0) is 92.4 Å². The zero-order valence-corrected chi connectivity index (χ0v) is 19.2. The Labute approximate surface area is 186 Å². The number of ketones is 1. The molecule has 0 amide bonds. The van der Waals surface area contributed by atoms with Crippen molar-refractivity contribution < 1.29 is 9.53 Å². The SMILES string of the molecule is CC(C)(C)Oc1ccc(C(=O)c2ccc(C#Cc3ccc(C(C)(C)C)cc3)cc2)cc1. The number of rotatable bonds is 3. The average molecular weight is 411 g/mol. The van der Waals surface area contributed by atoms with Gasteiger partial charge in [0.2, 0.25) is 0 Å². The van der Waals surface area contributed by atoms with E-state index >= 15 is 0 Å². The molecule has 3 rings (SSSR count). The molecule has 0 N–H and O–H groups in total. The second kappa shape index (κ2) is 8.82. The lowest BCUT2D eigenvalue weighted by Gasteiger charge is -2.21. The maximum Gasteiger partial charge on any atom is 0.193 e. The van der Waals surface area contributed by atoms with Crippen LogP contribution in [-0.4, -0.2) is 11.4 Å². The van der Waals surface area contributed by atoms with Crippen molar-refractivity contribution in [3.05, 3.63) is 101 Å². The molecule has 31 heavy (non-hydrogen) atoms. The molecule has 0 fully saturated rings. The van der Waals surface area contributed by atoms with Crippen LogP contribution >= 0.6 is 0 Å². The van der Waals surface area contributed by atoms with Crippen LogP contribution in [0.15, 0.2) is 72.8 Å². The van der Waals surface area contributed by atoms with Crippen molar-refractivity contribution in [3.8, 4) is 17.6 Å². The molecular formula is C29H30O2. The second-order valence-corrected chi connectivity index (χ2v) is 9.72. The molecule has 0 aliphatic carbocycles. The van der Waals surface area contributed by atoms with Crippen molar-refractivity contribution in [1.82, 2.24) is 0 Å². The Kier molecular flexibility index (Phi) is 6.37. The number of carbonyl (C=O) groups excluding carboxylic acids is 1. The predicted molar refractivity (Wildman–Crippen MR) is 128 cm³/mol. The maximum absolute atomic E-state index is 12.8. The summed E-state index contributed by atoms with van der Waals surface area (Å²) in [5.74, 6) is 7.11. The molecule has 0 saturated carbocycles. The smallest absolute Gasteiger partial charge is 0.193 e. The number of carbonyl (C=O) groups is 1. The Morgan fingerprint density at radius 3 is 1.48 bits per heavy atom. The first kappa shape index (κ1) is 22.4. The molecule has 0 radical (unpaired) electrons. The first-order valence-corrected chi connectivity index (χ1v) is 10.6. The first-order valence-electron chi connectivity index (χ1n) is 10.6. The van der Waals surface area contributed by atoms with E-state index in [4.69, 9.17) is 4.74 Å². The molecule has 3 aromatic carbocycles. The summed E-state index contributed by atoms with van der Waals surface area (Å²) in [6.45, 7) is 12.6. The third-order valence-electron chi connectivity index (χ3n) is 4.79. The van der Waals surface area contributed by atoms with Crippen molar-refractivity contribution in [3.63, 3.8) is 0 Å². The highest BCUT2D eigenvalue weighted by Crippen LogP contribution is 2.22. The lowest BCUT2D eigenvalue weighted by Crippen LogP contribution is -2.22. The zero-order valence-electron chi connectivity index (χ0n) is 19.2. The zero-order chi connectivity index (χ0) is 22.6. The molecule has 0 spiro atoms. The lowest BCUT2D eigenvalue weighted by atomic mass is 9.87. The summed E-state index contributed by atoms with van der Waals surface area (Å²) in [6.07, 6.45) is 0. The normalized spacial score (nSPS) is 11.4. The summed E-state index contributed by atoms with van der Waals surface area (Å²) in [5, 5.41) is 0. The Hall–Kier alpha value is -3.31. The Morgan fingerprint density at radius 2 is 1.06 bits per heavy atom. The van der Waals surface area contributed by atoms with Gasteiger partial charge in [-0.3, -0.25) is 4.79 Å². The highest BCUT2D eigenvalue weighted by atomic mass is 16.5. The molecule has 2 heteroatoms. The average Bonchev–Trinajstić information content (AvgIpc) is 2.71. The fourth-order valence-electron chi connectivity index (χ4n) is 3.10. The van der Waals surface area contributed by atoms with Gasteiger partial charge < -0.3 is 4.74 Å². The highest BCUT2D eigenvalue weighted by molar-refractivity contribution is 6.09. The van der Waals surface area contributed by atoms with Crippen LogP contribution in [0, 0.1) is 11.8 Å². The number of benzene rings is 3. The molecule has 0 aromatic heterocycles. The fourth-order valence-corrected chi connectivity index (χ4v) is 3.10. The first-order chi connectivity index (χ1) is 14.5. The molecule has 3 aromatic rings. The van der Waals surface area contributed by atoms with E-state index in [1.807, 2.05) is 57.2 Å². The van der Waals surface area contributed by atoms with Gasteiger partial charge in [0.1, 0.15) is 11.4 Å². The Balaban J connectivity index is 1.69. The molecular weight excluding hydrogens is 380 g/mol. The van der Waals surface area contributed by atoms with E-state index in [9.17, 15) is 4.79 Å². The van der Waals surface area contributed by atoms with Crippen molar-refractivity contribution in [2.75, 3.05) is 0 Å². The Morgan fingerprint density at radius 1 is 0.645 bits per heavy atom. The summed E-state index contributed by atoms with van der Waals surface area (Å²) in [4.78, 5) is 12.8. The van der Waals surface area contributed by atoms with Gasteiger partial charge in [0.25, 0.3) is 0 Å². The predicted octanol–water partition coefficient (Wildman–Crippen LogP) is 6.79. The minimum absolute atomic E-state index is 0.0143. The number of hydrogen-bond acceptors (Lipinski definition) is 2. The van der Waals surface area contributed by atoms with Gasteiger partial charge in [-0.1, -0.05) is 44.7 Å². The van der Waals surface area contributed by atoms with Crippen molar-refractivity contribution >= 4 is 5.78 Å². The Bertz CT molecular complexity index is 1090. The molecule has 0 heterocycles. The summed E-state index contributed by atoms with van der Waals surface area (Å²) in [5.41, 5.74) is 4.30. The van der Waals surface area contributed by atoms with E-state index in [-0.39, 0.29) is 16.8 Å². The van der Waals surface area contributed by atoms with Crippen LogP contribution in [-0.2, 0) is 5.41 Å². The van der Waals surface area contributed by atoms with E-state index in [0.29, 0.717) is 11.1 Å². The summed E-state index contributed by atoms with van der Waals surface area (Å²) in [6, 6.07) is 23.1. The van der Waals surface area contributed by atoms with Crippen molar-refractivity contribution in [2.24, 2.45) is 0 Å². The van der Waals surface area contributed by atoms with Gasteiger partial charge in [-0.25, -0.2) is 0 Å². The van der Waals surface area contributed by atoms with Crippen molar-refractivity contribution in [2.45, 2.75) is 52.6 Å². The molecule has 0 aliphatic rings. The van der Waals surface area contributed by atoms with Gasteiger partial charge in [0.05, 0.1) is 0 Å². The highest BCUT2D eigenvalue weighted by Gasteiger charge is 2.14. The third-order valence-corrected chi connectivity index (χ3v) is 4.79. The molecule has 0 unspecified atom stereocenters. The van der Waals surface area contributed by atoms with Gasteiger partial charge in [0, 0.05) is 22.3 Å². The van der Waals surface area contributed by atoms with Crippen LogP contribution in [0.3, 0.4) is 0 Å². The van der Waals surface area contributed by atoms with Gasteiger partial charge in [-0.2, -0.15) is 0 Å². The quantitative estimate of drug-likeness (QED) is 0.351. The maximum atomic E-state index is 12.8. The van der Waals surface area contributed by atoms with Crippen molar-refractivity contribution in [1.29, 1.82) is 0 Å². The molecule has 2 nitrogen and oxygen atoms in total. The fraction of sp³-hybridized carbons (Fsp3) is 0.276. The second-order valence-electron chi connectivity index (χ2n) is 9.72. The van der Waals surface area contributed by atoms with E-state index in [2.05, 4.69) is 56.9 Å². The van der Waals surface area contributed by atoms with Gasteiger partial charge in [0.15, 0.2) is 5.78 Å². The van der Waals surface area contributed by atoms with Crippen LogP contribution in [0.25, 0.3) is 0 Å². The van der Waals surface area contributed by atoms with E-state index < -0.39 is 0 Å². The number of hydrogen-bond donors (Lipinski definition) is 0. The molecule has 0 saturated heterocycles. The topological polar surface area (TPSA) is 26.3 Å². The van der Waals surface area contributed by atoms with Crippen LogP contribution < -0.4 is 4.74 Å². The lowest BCUT2D eigenvalue weighted by molar-refractivity contribution is 0.103. The molecule has 0 bridgehead atoms.